The summed E-state index contributed by atoms with van der Waals surface area (Å²) in [6.07, 6.45) is 1.89. The molecule has 0 aliphatic carbocycles. The van der Waals surface area contributed by atoms with Gasteiger partial charge in [-0.3, -0.25) is 10.1 Å². The van der Waals surface area contributed by atoms with Gasteiger partial charge in [0.25, 0.3) is 7.52 Å². The molecule has 14 heavy (non-hydrogen) atoms. The van der Waals surface area contributed by atoms with Crippen LogP contribution in [0.4, 0.5) is 0 Å². The molecule has 0 aromatic heterocycles. The highest BCUT2D eigenvalue weighted by atomic mass is 31.2. The molecular weight excluding hydrogens is 197 g/mol. The van der Waals surface area contributed by atoms with Crippen molar-refractivity contribution in [3.05, 3.63) is 30.3 Å². The summed E-state index contributed by atoms with van der Waals surface area (Å²) in [7, 11) is -3.07. The molecule has 1 aromatic rings. The summed E-state index contributed by atoms with van der Waals surface area (Å²) in [5.74, 6) is 0. The molecule has 1 unspecified atom stereocenters. The Kier molecular flexibility index (Phi) is 4.33. The molecule has 0 amide bonds. The van der Waals surface area contributed by atoms with Crippen LogP contribution in [0.1, 0.15) is 19.8 Å². The van der Waals surface area contributed by atoms with E-state index in [0.29, 0.717) is 11.9 Å². The van der Waals surface area contributed by atoms with Gasteiger partial charge in [0.05, 0.1) is 11.9 Å². The minimum Gasteiger partial charge on any atom is -0.314 e. The molecule has 4 heteroatoms. The Morgan fingerprint density at radius 1 is 1.36 bits per heavy atom. The summed E-state index contributed by atoms with van der Waals surface area (Å²) in [6.45, 7) is 2.51. The molecule has 2 N–H and O–H groups in total. The second-order valence-corrected chi connectivity index (χ2v) is 5.09. The van der Waals surface area contributed by atoms with Gasteiger partial charge in [-0.15, -0.1) is 0 Å². The van der Waals surface area contributed by atoms with Gasteiger partial charge in [-0.2, -0.15) is 0 Å². The van der Waals surface area contributed by atoms with E-state index in [4.69, 9.17) is 10.0 Å². The van der Waals surface area contributed by atoms with E-state index in [1.54, 1.807) is 24.3 Å². The van der Waals surface area contributed by atoms with Crippen molar-refractivity contribution >= 4 is 12.8 Å². The summed E-state index contributed by atoms with van der Waals surface area (Å²) in [5.41, 5.74) is 5.61. The highest BCUT2D eigenvalue weighted by Gasteiger charge is 2.18. The van der Waals surface area contributed by atoms with E-state index in [1.165, 1.54) is 0 Å². The van der Waals surface area contributed by atoms with Gasteiger partial charge in [-0.05, 0) is 18.6 Å². The number of hydrogen-bond acceptors (Lipinski definition) is 2. The zero-order chi connectivity index (χ0) is 10.4. The summed E-state index contributed by atoms with van der Waals surface area (Å²) < 4.78 is 17.0. The average molecular weight is 213 g/mol. The molecule has 0 saturated heterocycles. The van der Waals surface area contributed by atoms with E-state index in [-0.39, 0.29) is 0 Å². The first kappa shape index (κ1) is 11.4. The molecule has 0 aliphatic heterocycles. The Bertz CT molecular complexity index is 313. The Morgan fingerprint density at radius 2 is 2.00 bits per heavy atom. The Balaban J connectivity index is 2.62. The fraction of sp³-hybridized carbons (Fsp3) is 0.400. The first-order chi connectivity index (χ1) is 6.67. The van der Waals surface area contributed by atoms with Crippen molar-refractivity contribution in [3.8, 4) is 0 Å². The van der Waals surface area contributed by atoms with Crippen molar-refractivity contribution in [1.29, 1.82) is 0 Å². The van der Waals surface area contributed by atoms with Crippen LogP contribution in [0, 0.1) is 0 Å². The molecule has 0 fully saturated rings. The third-order valence-electron chi connectivity index (χ3n) is 1.90. The first-order valence-corrected chi connectivity index (χ1v) is 6.45. The van der Waals surface area contributed by atoms with Crippen molar-refractivity contribution in [2.75, 3.05) is 6.61 Å². The second kappa shape index (κ2) is 5.30. The van der Waals surface area contributed by atoms with Crippen LogP contribution in [0.5, 0.6) is 0 Å². The van der Waals surface area contributed by atoms with Gasteiger partial charge in [0.2, 0.25) is 0 Å². The van der Waals surface area contributed by atoms with Gasteiger partial charge in [-0.25, -0.2) is 0 Å². The maximum atomic E-state index is 11.8. The van der Waals surface area contributed by atoms with Crippen LogP contribution >= 0.6 is 7.52 Å². The van der Waals surface area contributed by atoms with E-state index in [0.717, 1.165) is 12.8 Å². The van der Waals surface area contributed by atoms with E-state index in [1.807, 2.05) is 13.0 Å². The standard InChI is InChI=1S/C10H16NO2P/c1-2-3-9-13-14(11,12)10-7-5-4-6-8-10/h4-8H,2-3,9H2,1H3,(H2,11,12). The molecule has 0 heterocycles. The number of unbranched alkanes of at least 4 members (excludes halogenated alkanes) is 1. The Morgan fingerprint density at radius 3 is 2.57 bits per heavy atom. The monoisotopic (exact) mass is 213 g/mol. The van der Waals surface area contributed by atoms with Gasteiger partial charge in [0, 0.05) is 0 Å². The maximum Gasteiger partial charge on any atom is 0.297 e. The SMILES string of the molecule is CCCCOP(N)(=O)c1ccccc1. The highest BCUT2D eigenvalue weighted by Crippen LogP contribution is 2.36. The third-order valence-corrected chi connectivity index (χ3v) is 3.48. The molecule has 0 aliphatic rings. The molecule has 0 saturated carbocycles. The normalized spacial score (nSPS) is 15.0. The van der Waals surface area contributed by atoms with E-state index < -0.39 is 7.52 Å². The fourth-order valence-electron chi connectivity index (χ4n) is 1.05. The van der Waals surface area contributed by atoms with Crippen molar-refractivity contribution in [3.63, 3.8) is 0 Å². The lowest BCUT2D eigenvalue weighted by atomic mass is 10.4. The number of rotatable bonds is 5. The maximum absolute atomic E-state index is 11.8. The zero-order valence-electron chi connectivity index (χ0n) is 8.35. The van der Waals surface area contributed by atoms with Crippen LogP contribution in [0.25, 0.3) is 0 Å². The first-order valence-electron chi connectivity index (χ1n) is 4.75. The summed E-state index contributed by atoms with van der Waals surface area (Å²) in [6, 6.07) is 8.92. The lowest BCUT2D eigenvalue weighted by molar-refractivity contribution is 0.313. The molecule has 0 radical (unpaired) electrons. The van der Waals surface area contributed by atoms with Crippen LogP contribution < -0.4 is 10.8 Å². The Hall–Kier alpha value is -0.630. The van der Waals surface area contributed by atoms with Crippen molar-refractivity contribution < 1.29 is 9.09 Å². The predicted molar refractivity (Wildman–Crippen MR) is 58.7 cm³/mol. The molecule has 3 nitrogen and oxygen atoms in total. The van der Waals surface area contributed by atoms with Gasteiger partial charge in [0.1, 0.15) is 0 Å². The highest BCUT2D eigenvalue weighted by molar-refractivity contribution is 7.64. The van der Waals surface area contributed by atoms with Crippen molar-refractivity contribution in [1.82, 2.24) is 0 Å². The second-order valence-electron chi connectivity index (χ2n) is 3.12. The molecule has 0 bridgehead atoms. The lowest BCUT2D eigenvalue weighted by Gasteiger charge is -2.12. The molecule has 78 valence electrons. The molecular formula is C10H16NO2P. The van der Waals surface area contributed by atoms with Crippen molar-refractivity contribution in [2.24, 2.45) is 5.50 Å². The van der Waals surface area contributed by atoms with E-state index in [2.05, 4.69) is 0 Å². The molecule has 0 spiro atoms. The van der Waals surface area contributed by atoms with Crippen molar-refractivity contribution in [2.45, 2.75) is 19.8 Å². The minimum atomic E-state index is -3.07. The topological polar surface area (TPSA) is 52.3 Å². The van der Waals surface area contributed by atoms with E-state index in [9.17, 15) is 4.57 Å². The lowest BCUT2D eigenvalue weighted by Crippen LogP contribution is -2.14. The Labute approximate surface area is 84.8 Å². The average Bonchev–Trinajstić information content (AvgIpc) is 2.19. The minimum absolute atomic E-state index is 0.458. The van der Waals surface area contributed by atoms with Gasteiger partial charge < -0.3 is 4.52 Å². The van der Waals surface area contributed by atoms with E-state index >= 15 is 0 Å². The zero-order valence-corrected chi connectivity index (χ0v) is 9.24. The van der Waals surface area contributed by atoms with Gasteiger partial charge in [0.15, 0.2) is 0 Å². The quantitative estimate of drug-likeness (QED) is 0.603. The van der Waals surface area contributed by atoms with Crippen LogP contribution in [0.2, 0.25) is 0 Å². The van der Waals surface area contributed by atoms with Gasteiger partial charge >= 0.3 is 0 Å². The third kappa shape index (κ3) is 3.26. The van der Waals surface area contributed by atoms with Gasteiger partial charge in [-0.1, -0.05) is 31.5 Å². The van der Waals surface area contributed by atoms with Crippen LogP contribution in [0.15, 0.2) is 30.3 Å². The summed E-state index contributed by atoms with van der Waals surface area (Å²) in [4.78, 5) is 0. The largest absolute Gasteiger partial charge is 0.314 e. The number of benzene rings is 1. The summed E-state index contributed by atoms with van der Waals surface area (Å²) in [5, 5.41) is 0.580. The van der Waals surface area contributed by atoms with Crippen LogP contribution in [-0.2, 0) is 9.09 Å². The molecule has 1 atom stereocenters. The molecule has 1 rings (SSSR count). The fourth-order valence-corrected chi connectivity index (χ4v) is 2.19. The number of hydrogen-bond donors (Lipinski definition) is 1. The predicted octanol–water partition coefficient (Wildman–Crippen LogP) is 2.28. The number of nitrogens with two attached hydrogens (primary N) is 1. The molecule has 1 aromatic carbocycles. The van der Waals surface area contributed by atoms with Crippen LogP contribution in [-0.4, -0.2) is 6.61 Å². The van der Waals surface area contributed by atoms with Crippen LogP contribution in [0.3, 0.4) is 0 Å². The smallest absolute Gasteiger partial charge is 0.297 e. The summed E-state index contributed by atoms with van der Waals surface area (Å²) >= 11 is 0.